The molecule has 0 spiro atoms. The summed E-state index contributed by atoms with van der Waals surface area (Å²) in [5.41, 5.74) is 5.64. The third-order valence-electron chi connectivity index (χ3n) is 4.16. The van der Waals surface area contributed by atoms with E-state index >= 15 is 0 Å². The summed E-state index contributed by atoms with van der Waals surface area (Å²) in [7, 11) is 1.65. The molecule has 0 heterocycles. The van der Waals surface area contributed by atoms with Crippen molar-refractivity contribution in [2.75, 3.05) is 33.4 Å². The molecule has 1 aliphatic rings. The van der Waals surface area contributed by atoms with Gasteiger partial charge >= 0.3 is 0 Å². The van der Waals surface area contributed by atoms with E-state index in [1.165, 1.54) is 38.5 Å². The van der Waals surface area contributed by atoms with Crippen LogP contribution >= 0.6 is 0 Å². The van der Waals surface area contributed by atoms with Crippen LogP contribution in [0.5, 0.6) is 0 Å². The molecule has 1 aliphatic carbocycles. The summed E-state index contributed by atoms with van der Waals surface area (Å²) in [5.74, 6) is 0.0980. The minimum atomic E-state index is 0.0630. The Balaban J connectivity index is 2.49. The molecule has 5 nitrogen and oxygen atoms in total. The average Bonchev–Trinajstić information content (AvgIpc) is 2.72. The van der Waals surface area contributed by atoms with Crippen LogP contribution in [-0.2, 0) is 9.53 Å². The van der Waals surface area contributed by atoms with Crippen LogP contribution in [0.15, 0.2) is 0 Å². The van der Waals surface area contributed by atoms with Crippen molar-refractivity contribution in [2.24, 2.45) is 5.73 Å². The molecule has 1 rings (SSSR count). The number of hydrogen-bond acceptors (Lipinski definition) is 4. The highest BCUT2D eigenvalue weighted by molar-refractivity contribution is 5.78. The summed E-state index contributed by atoms with van der Waals surface area (Å²) in [6.45, 7) is 4.62. The summed E-state index contributed by atoms with van der Waals surface area (Å²) in [6, 6.07) is 0.607. The van der Waals surface area contributed by atoms with Crippen molar-refractivity contribution >= 4 is 5.91 Å². The maximum Gasteiger partial charge on any atom is 0.234 e. The number of methoxy groups -OCH3 is 1. The average molecular weight is 299 g/mol. The topological polar surface area (TPSA) is 67.6 Å². The zero-order chi connectivity index (χ0) is 15.5. The molecule has 1 atom stereocenters. The fraction of sp³-hybridized carbons (Fsp3) is 0.938. The molecule has 0 aromatic heterocycles. The molecular formula is C16H33N3O2. The van der Waals surface area contributed by atoms with Gasteiger partial charge in [0, 0.05) is 25.7 Å². The van der Waals surface area contributed by atoms with Gasteiger partial charge in [-0.3, -0.25) is 9.69 Å². The quantitative estimate of drug-likeness (QED) is 0.633. The van der Waals surface area contributed by atoms with Gasteiger partial charge in [0.25, 0.3) is 0 Å². The lowest BCUT2D eigenvalue weighted by atomic mass is 10.1. The lowest BCUT2D eigenvalue weighted by molar-refractivity contribution is -0.123. The summed E-state index contributed by atoms with van der Waals surface area (Å²) >= 11 is 0. The second-order valence-corrected chi connectivity index (χ2v) is 6.18. The van der Waals surface area contributed by atoms with Crippen LogP contribution in [0.2, 0.25) is 0 Å². The second-order valence-electron chi connectivity index (χ2n) is 6.18. The standard InChI is InChI=1S/C16H33N3O2/c1-14(13-21-2)18-16(20)12-19(11-7-10-17)15-8-5-3-4-6-9-15/h14-15H,3-13,17H2,1-2H3,(H,18,20). The predicted octanol–water partition coefficient (Wildman–Crippen LogP) is 1.51. The Bertz CT molecular complexity index is 279. The number of nitrogens with zero attached hydrogens (tertiary/aromatic N) is 1. The zero-order valence-electron chi connectivity index (χ0n) is 13.8. The first-order valence-corrected chi connectivity index (χ1v) is 8.39. The summed E-state index contributed by atoms with van der Waals surface area (Å²) in [6.07, 6.45) is 8.61. The fourth-order valence-corrected chi connectivity index (χ4v) is 3.10. The van der Waals surface area contributed by atoms with Crippen molar-refractivity contribution in [1.29, 1.82) is 0 Å². The molecule has 0 bridgehead atoms. The minimum absolute atomic E-state index is 0.0630. The molecule has 1 amide bonds. The Morgan fingerprint density at radius 3 is 2.57 bits per heavy atom. The number of carbonyl (C=O) groups is 1. The van der Waals surface area contributed by atoms with E-state index in [0.29, 0.717) is 25.7 Å². The lowest BCUT2D eigenvalue weighted by Crippen LogP contribution is -2.46. The number of carbonyl (C=O) groups excluding carboxylic acids is 1. The third kappa shape index (κ3) is 7.79. The van der Waals surface area contributed by atoms with Crippen LogP contribution in [0.25, 0.3) is 0 Å². The van der Waals surface area contributed by atoms with E-state index in [1.807, 2.05) is 6.92 Å². The SMILES string of the molecule is COCC(C)NC(=O)CN(CCCN)C1CCCCCC1. The number of nitrogens with one attached hydrogen (secondary N) is 1. The molecule has 21 heavy (non-hydrogen) atoms. The smallest absolute Gasteiger partial charge is 0.234 e. The molecule has 3 N–H and O–H groups in total. The minimum Gasteiger partial charge on any atom is -0.383 e. The summed E-state index contributed by atoms with van der Waals surface area (Å²) in [5, 5.41) is 3.01. The van der Waals surface area contributed by atoms with Gasteiger partial charge in [-0.1, -0.05) is 25.7 Å². The molecule has 0 aliphatic heterocycles. The van der Waals surface area contributed by atoms with Gasteiger partial charge in [-0.2, -0.15) is 0 Å². The van der Waals surface area contributed by atoms with E-state index in [4.69, 9.17) is 10.5 Å². The van der Waals surface area contributed by atoms with Crippen molar-refractivity contribution in [2.45, 2.75) is 64.0 Å². The monoisotopic (exact) mass is 299 g/mol. The highest BCUT2D eigenvalue weighted by atomic mass is 16.5. The Hall–Kier alpha value is -0.650. The Morgan fingerprint density at radius 2 is 2.00 bits per heavy atom. The molecule has 1 fully saturated rings. The van der Waals surface area contributed by atoms with E-state index in [0.717, 1.165) is 13.0 Å². The molecule has 5 heteroatoms. The molecule has 1 saturated carbocycles. The first-order valence-electron chi connectivity index (χ1n) is 8.39. The fourth-order valence-electron chi connectivity index (χ4n) is 3.10. The Morgan fingerprint density at radius 1 is 1.33 bits per heavy atom. The van der Waals surface area contributed by atoms with Gasteiger partial charge in [0.2, 0.25) is 5.91 Å². The second kappa shape index (κ2) is 11.0. The van der Waals surface area contributed by atoms with Gasteiger partial charge in [-0.25, -0.2) is 0 Å². The highest BCUT2D eigenvalue weighted by Gasteiger charge is 2.22. The predicted molar refractivity (Wildman–Crippen MR) is 86.2 cm³/mol. The zero-order valence-corrected chi connectivity index (χ0v) is 13.8. The van der Waals surface area contributed by atoms with Crippen LogP contribution in [0.1, 0.15) is 51.9 Å². The van der Waals surface area contributed by atoms with E-state index in [2.05, 4.69) is 10.2 Å². The lowest BCUT2D eigenvalue weighted by Gasteiger charge is -2.31. The van der Waals surface area contributed by atoms with Crippen molar-refractivity contribution in [3.05, 3.63) is 0 Å². The van der Waals surface area contributed by atoms with Crippen molar-refractivity contribution in [3.63, 3.8) is 0 Å². The van der Waals surface area contributed by atoms with Gasteiger partial charge in [0.05, 0.1) is 13.2 Å². The van der Waals surface area contributed by atoms with E-state index < -0.39 is 0 Å². The van der Waals surface area contributed by atoms with Crippen molar-refractivity contribution in [3.8, 4) is 0 Å². The number of rotatable bonds is 9. The van der Waals surface area contributed by atoms with Gasteiger partial charge in [0.15, 0.2) is 0 Å². The number of nitrogens with two attached hydrogens (primary N) is 1. The van der Waals surface area contributed by atoms with Crippen LogP contribution in [0.3, 0.4) is 0 Å². The molecule has 1 unspecified atom stereocenters. The van der Waals surface area contributed by atoms with E-state index in [1.54, 1.807) is 7.11 Å². The molecule has 0 aromatic carbocycles. The van der Waals surface area contributed by atoms with Gasteiger partial charge < -0.3 is 15.8 Å². The molecule has 0 aromatic rings. The maximum atomic E-state index is 12.2. The molecule has 0 saturated heterocycles. The first-order chi connectivity index (χ1) is 10.2. The number of ether oxygens (including phenoxy) is 1. The summed E-state index contributed by atoms with van der Waals surface area (Å²) in [4.78, 5) is 14.5. The van der Waals surface area contributed by atoms with Crippen molar-refractivity contribution < 1.29 is 9.53 Å². The van der Waals surface area contributed by atoms with Crippen LogP contribution in [0.4, 0.5) is 0 Å². The van der Waals surface area contributed by atoms with Gasteiger partial charge in [-0.15, -0.1) is 0 Å². The van der Waals surface area contributed by atoms with E-state index in [9.17, 15) is 4.79 Å². The molecular weight excluding hydrogens is 266 g/mol. The van der Waals surface area contributed by atoms with Gasteiger partial charge in [0.1, 0.15) is 0 Å². The first kappa shape index (κ1) is 18.4. The van der Waals surface area contributed by atoms with Crippen molar-refractivity contribution in [1.82, 2.24) is 10.2 Å². The normalized spacial score (nSPS) is 18.5. The summed E-state index contributed by atoms with van der Waals surface area (Å²) < 4.78 is 5.06. The number of hydrogen-bond donors (Lipinski definition) is 2. The van der Waals surface area contributed by atoms with Crippen LogP contribution in [-0.4, -0.2) is 56.2 Å². The Kier molecular flexibility index (Phi) is 9.63. The maximum absolute atomic E-state index is 12.2. The number of amides is 1. The van der Waals surface area contributed by atoms with Crippen LogP contribution in [0, 0.1) is 0 Å². The third-order valence-corrected chi connectivity index (χ3v) is 4.16. The Labute approximate surface area is 129 Å². The van der Waals surface area contributed by atoms with E-state index in [-0.39, 0.29) is 11.9 Å². The largest absolute Gasteiger partial charge is 0.383 e. The van der Waals surface area contributed by atoms with Crippen LogP contribution < -0.4 is 11.1 Å². The molecule has 124 valence electrons. The highest BCUT2D eigenvalue weighted by Crippen LogP contribution is 2.21. The molecule has 0 radical (unpaired) electrons. The van der Waals surface area contributed by atoms with Gasteiger partial charge in [-0.05, 0) is 32.7 Å².